The minimum absolute atomic E-state index is 0.110. The first-order chi connectivity index (χ1) is 19.5. The van der Waals surface area contributed by atoms with Gasteiger partial charge in [0.15, 0.2) is 0 Å². The van der Waals surface area contributed by atoms with Crippen LogP contribution < -0.4 is 10.9 Å². The lowest BCUT2D eigenvalue weighted by Gasteiger charge is -2.45. The van der Waals surface area contributed by atoms with Gasteiger partial charge in [0.1, 0.15) is 5.69 Å². The zero-order chi connectivity index (χ0) is 29.5. The first-order valence-electron chi connectivity index (χ1n) is 15.5. The summed E-state index contributed by atoms with van der Waals surface area (Å²) in [4.78, 5) is 21.6. The number of nitro groups is 2. The van der Waals surface area contributed by atoms with E-state index in [1.54, 1.807) is 11.1 Å². The lowest BCUT2D eigenvalue weighted by molar-refractivity contribution is -0.393. The third kappa shape index (κ3) is 5.19. The molecular weight excluding hydrogens is 516 g/mol. The van der Waals surface area contributed by atoms with Crippen LogP contribution in [-0.4, -0.2) is 9.85 Å². The summed E-state index contributed by atoms with van der Waals surface area (Å²) in [7, 11) is 0. The van der Waals surface area contributed by atoms with Crippen molar-refractivity contribution in [2.75, 3.05) is 5.43 Å². The van der Waals surface area contributed by atoms with E-state index in [1.807, 2.05) is 6.20 Å². The van der Waals surface area contributed by atoms with E-state index in [0.29, 0.717) is 5.92 Å². The van der Waals surface area contributed by atoms with Crippen molar-refractivity contribution < 1.29 is 9.85 Å². The Morgan fingerprint density at radius 1 is 1.07 bits per heavy atom. The molecule has 1 aromatic rings. The van der Waals surface area contributed by atoms with Crippen LogP contribution in [0.15, 0.2) is 53.3 Å². The number of anilines is 1. The van der Waals surface area contributed by atoms with Crippen molar-refractivity contribution in [3.63, 3.8) is 0 Å². The molecule has 8 heteroatoms. The van der Waals surface area contributed by atoms with Crippen molar-refractivity contribution in [1.82, 2.24) is 5.43 Å². The average molecular weight is 563 g/mol. The molecule has 1 saturated carbocycles. The lowest BCUT2D eigenvalue weighted by atomic mass is 9.59. The lowest BCUT2D eigenvalue weighted by Crippen LogP contribution is -2.37. The fourth-order valence-corrected chi connectivity index (χ4v) is 8.98. The highest BCUT2D eigenvalue weighted by Gasteiger charge is 2.58. The Hall–Kier alpha value is -3.16. The third-order valence-electron chi connectivity index (χ3n) is 11.1. The number of rotatable bonds is 10. The van der Waals surface area contributed by atoms with E-state index < -0.39 is 9.85 Å². The molecule has 6 atom stereocenters. The molecule has 41 heavy (non-hydrogen) atoms. The number of allylic oxidation sites excluding steroid dienone is 5. The maximum absolute atomic E-state index is 11.7. The molecule has 222 valence electrons. The molecule has 8 nitrogen and oxygen atoms in total. The molecule has 0 bridgehead atoms. The Labute approximate surface area is 244 Å². The van der Waals surface area contributed by atoms with E-state index in [1.165, 1.54) is 56.2 Å². The third-order valence-corrected chi connectivity index (χ3v) is 11.1. The summed E-state index contributed by atoms with van der Waals surface area (Å²) in [6.45, 7) is 12.1. The van der Waals surface area contributed by atoms with Crippen LogP contribution in [0.25, 0.3) is 0 Å². The Kier molecular flexibility index (Phi) is 8.05. The van der Waals surface area contributed by atoms with Crippen LogP contribution >= 0.6 is 0 Å². The maximum atomic E-state index is 11.7. The molecule has 0 saturated heterocycles. The van der Waals surface area contributed by atoms with E-state index in [2.05, 4.69) is 57.6 Å². The Balaban J connectivity index is 1.43. The second-order valence-corrected chi connectivity index (χ2v) is 13.9. The first kappa shape index (κ1) is 29.3. The number of nitro benzene ring substituents is 2. The summed E-state index contributed by atoms with van der Waals surface area (Å²) in [5, 5.41) is 22.8. The van der Waals surface area contributed by atoms with Crippen LogP contribution in [0.3, 0.4) is 0 Å². The number of nitrogens with one attached hydrogen (secondary N) is 2. The van der Waals surface area contributed by atoms with Gasteiger partial charge in [-0.15, -0.1) is 0 Å². The molecule has 4 aliphatic carbocycles. The summed E-state index contributed by atoms with van der Waals surface area (Å²) >= 11 is 0. The smallest absolute Gasteiger partial charge is 0.300 e. The summed E-state index contributed by atoms with van der Waals surface area (Å²) in [5.74, 6) is 3.02. The Morgan fingerprint density at radius 3 is 2.56 bits per heavy atom. The Bertz CT molecular complexity index is 1300. The standard InChI is InChI=1S/C33H46N4O4/c1-21(2)9-8-10-22(3)25-13-14-27-31-24(20-34-35-29-15-12-23(36(38)39)19-30(29)37(40)41)26-11-6-7-17-32(26,4)28(31)16-18-33(25,27)5/h6,11-12,15,19-22,25-27,34-35H,7-10,13-14,16-18H2,1-5H3/t22-,25-,26?,27?,32+,33-/m1/s1. The molecular formula is C33H46N4O4. The largest absolute Gasteiger partial charge is 0.308 e. The predicted molar refractivity (Wildman–Crippen MR) is 163 cm³/mol. The van der Waals surface area contributed by atoms with Gasteiger partial charge in [0.2, 0.25) is 0 Å². The second kappa shape index (κ2) is 11.3. The molecule has 0 radical (unpaired) electrons. The van der Waals surface area contributed by atoms with Crippen LogP contribution in [0.5, 0.6) is 0 Å². The average Bonchev–Trinajstić information content (AvgIpc) is 3.40. The number of non-ortho nitro benzene ring substituents is 1. The van der Waals surface area contributed by atoms with Gasteiger partial charge in [-0.05, 0) is 90.2 Å². The molecule has 2 N–H and O–H groups in total. The number of hydrogen-bond acceptors (Lipinski definition) is 6. The quantitative estimate of drug-likeness (QED) is 0.167. The number of hydrazine groups is 1. The van der Waals surface area contributed by atoms with Crippen molar-refractivity contribution >= 4 is 17.1 Å². The fourth-order valence-electron chi connectivity index (χ4n) is 8.98. The fraction of sp³-hybridized carbons (Fsp3) is 0.636. The topological polar surface area (TPSA) is 110 Å². The van der Waals surface area contributed by atoms with Gasteiger partial charge in [0, 0.05) is 18.2 Å². The van der Waals surface area contributed by atoms with Crippen LogP contribution in [0.1, 0.15) is 92.4 Å². The van der Waals surface area contributed by atoms with Gasteiger partial charge < -0.3 is 5.43 Å². The molecule has 5 rings (SSSR count). The molecule has 0 heterocycles. The van der Waals surface area contributed by atoms with Gasteiger partial charge in [-0.2, -0.15) is 0 Å². The molecule has 0 aromatic heterocycles. The summed E-state index contributed by atoms with van der Waals surface area (Å²) in [6.07, 6.45) is 17.8. The van der Waals surface area contributed by atoms with Crippen molar-refractivity contribution in [3.05, 3.63) is 73.5 Å². The van der Waals surface area contributed by atoms with E-state index in [-0.39, 0.29) is 33.8 Å². The molecule has 2 unspecified atom stereocenters. The Morgan fingerprint density at radius 2 is 1.85 bits per heavy atom. The molecule has 0 amide bonds. The van der Waals surface area contributed by atoms with E-state index in [0.717, 1.165) is 43.1 Å². The minimum Gasteiger partial charge on any atom is -0.308 e. The van der Waals surface area contributed by atoms with Gasteiger partial charge in [-0.25, -0.2) is 0 Å². The predicted octanol–water partition coefficient (Wildman–Crippen LogP) is 8.87. The van der Waals surface area contributed by atoms with Gasteiger partial charge in [-0.1, -0.05) is 71.6 Å². The monoisotopic (exact) mass is 562 g/mol. The van der Waals surface area contributed by atoms with Gasteiger partial charge >= 0.3 is 5.69 Å². The number of hydrogen-bond donors (Lipinski definition) is 2. The highest BCUT2D eigenvalue weighted by atomic mass is 16.6. The van der Waals surface area contributed by atoms with Gasteiger partial charge in [-0.3, -0.25) is 25.7 Å². The molecule has 0 spiro atoms. The zero-order valence-electron chi connectivity index (χ0n) is 25.2. The van der Waals surface area contributed by atoms with Crippen molar-refractivity contribution in [3.8, 4) is 0 Å². The zero-order valence-corrected chi connectivity index (χ0v) is 25.2. The highest BCUT2D eigenvalue weighted by Crippen LogP contribution is 2.68. The summed E-state index contributed by atoms with van der Waals surface area (Å²) in [5.41, 5.74) is 10.6. The van der Waals surface area contributed by atoms with E-state index in [4.69, 9.17) is 0 Å². The maximum Gasteiger partial charge on any atom is 0.300 e. The van der Waals surface area contributed by atoms with Crippen LogP contribution in [0.2, 0.25) is 0 Å². The minimum atomic E-state index is -0.616. The van der Waals surface area contributed by atoms with Crippen LogP contribution in [0.4, 0.5) is 17.1 Å². The van der Waals surface area contributed by atoms with Crippen LogP contribution in [-0.2, 0) is 0 Å². The van der Waals surface area contributed by atoms with Crippen molar-refractivity contribution in [2.45, 2.75) is 92.4 Å². The van der Waals surface area contributed by atoms with E-state index >= 15 is 0 Å². The normalized spacial score (nSPS) is 32.0. The molecule has 4 aliphatic rings. The van der Waals surface area contributed by atoms with Crippen LogP contribution in [0, 0.1) is 60.6 Å². The molecule has 1 fully saturated rings. The number of benzene rings is 1. The van der Waals surface area contributed by atoms with Crippen molar-refractivity contribution in [2.24, 2.45) is 40.4 Å². The van der Waals surface area contributed by atoms with E-state index in [9.17, 15) is 20.2 Å². The van der Waals surface area contributed by atoms with Crippen molar-refractivity contribution in [1.29, 1.82) is 0 Å². The molecule has 1 aromatic carbocycles. The summed E-state index contributed by atoms with van der Waals surface area (Å²) < 4.78 is 0. The number of nitrogens with zero attached hydrogens (tertiary/aromatic N) is 2. The van der Waals surface area contributed by atoms with Gasteiger partial charge in [0.25, 0.3) is 5.69 Å². The number of fused-ring (bicyclic) bond motifs is 4. The van der Waals surface area contributed by atoms with Gasteiger partial charge in [0.05, 0.1) is 15.9 Å². The first-order valence-corrected chi connectivity index (χ1v) is 15.5. The summed E-state index contributed by atoms with van der Waals surface area (Å²) in [6, 6.07) is 3.68. The SMILES string of the molecule is CC(C)CCC[C@@H](C)[C@H]1CCC2C3=C(CC[C@@]21C)[C@@]1(C)CCC=CC1C3=CNNc1ccc([N+](=O)[O-])cc1[N+](=O)[O-]. The molecule has 0 aliphatic heterocycles. The highest BCUT2D eigenvalue weighted by molar-refractivity contribution is 5.65. The second-order valence-electron chi connectivity index (χ2n) is 13.9.